The molecule has 10 nitrogen and oxygen atoms in total. The molecule has 43 heavy (non-hydrogen) atoms. The minimum absolute atomic E-state index is 0.0670. The fourth-order valence-electron chi connectivity index (χ4n) is 7.31. The maximum atomic E-state index is 13.9. The Kier molecular flexibility index (Phi) is 10.8. The van der Waals surface area contributed by atoms with Gasteiger partial charge in [0.15, 0.2) is 0 Å². The van der Waals surface area contributed by atoms with Crippen LogP contribution in [0.3, 0.4) is 0 Å². The maximum absolute atomic E-state index is 13.9. The third-order valence-corrected chi connectivity index (χ3v) is 9.78. The van der Waals surface area contributed by atoms with Crippen molar-refractivity contribution in [2.45, 2.75) is 147 Å². The smallest absolute Gasteiger partial charge is 0.243 e. The first-order valence-corrected chi connectivity index (χ1v) is 16.8. The van der Waals surface area contributed by atoms with Crippen LogP contribution in [-0.2, 0) is 19.2 Å². The number of carbonyl (C=O) groups is 3. The molecular weight excluding hydrogens is 544 g/mol. The van der Waals surface area contributed by atoms with Gasteiger partial charge in [-0.3, -0.25) is 19.2 Å². The molecule has 3 unspecified atom stereocenters. The maximum Gasteiger partial charge on any atom is 0.243 e. The van der Waals surface area contributed by atoms with Crippen LogP contribution in [0.25, 0.3) is 0 Å². The highest BCUT2D eigenvalue weighted by Gasteiger charge is 2.39. The first-order chi connectivity index (χ1) is 20.8. The van der Waals surface area contributed by atoms with E-state index in [1.165, 1.54) is 44.2 Å². The normalized spacial score (nSPS) is 28.1. The highest BCUT2D eigenvalue weighted by Crippen LogP contribution is 2.39. The van der Waals surface area contributed by atoms with Crippen LogP contribution < -0.4 is 26.3 Å². The van der Waals surface area contributed by atoms with E-state index in [0.29, 0.717) is 19.0 Å². The Morgan fingerprint density at radius 2 is 1.65 bits per heavy atom. The van der Waals surface area contributed by atoms with Crippen LogP contribution in [0, 0.1) is 0 Å². The van der Waals surface area contributed by atoms with E-state index < -0.39 is 12.1 Å². The summed E-state index contributed by atoms with van der Waals surface area (Å²) in [4.78, 5) is 50.3. The van der Waals surface area contributed by atoms with Crippen LogP contribution in [0.5, 0.6) is 0 Å². The predicted molar refractivity (Wildman–Crippen MR) is 168 cm³/mol. The average molecular weight is 597 g/mol. The van der Waals surface area contributed by atoms with Crippen molar-refractivity contribution in [3.63, 3.8) is 0 Å². The van der Waals surface area contributed by atoms with Crippen molar-refractivity contribution in [2.75, 3.05) is 16.8 Å². The summed E-state index contributed by atoms with van der Waals surface area (Å²) >= 11 is 0. The molecule has 0 bridgehead atoms. The Hall–Kier alpha value is -2.85. The molecule has 10 heteroatoms. The minimum Gasteiger partial charge on any atom is -0.362 e. The second-order valence-electron chi connectivity index (χ2n) is 13.2. The van der Waals surface area contributed by atoms with Gasteiger partial charge >= 0.3 is 0 Å². The van der Waals surface area contributed by atoms with Gasteiger partial charge in [0.2, 0.25) is 17.7 Å². The number of nitrogens with zero attached hydrogens (tertiary/aromatic N) is 2. The highest BCUT2D eigenvalue weighted by molar-refractivity contribution is 5.93. The monoisotopic (exact) mass is 596 g/mol. The number of hydroxylamine groups is 1. The van der Waals surface area contributed by atoms with Crippen molar-refractivity contribution in [1.29, 1.82) is 0 Å². The van der Waals surface area contributed by atoms with Crippen LogP contribution >= 0.6 is 0 Å². The lowest BCUT2D eigenvalue weighted by atomic mass is 10.0. The van der Waals surface area contributed by atoms with Gasteiger partial charge in [0, 0.05) is 25.0 Å². The Balaban J connectivity index is 1.31. The molecule has 4 N–H and O–H groups in total. The molecule has 0 spiro atoms. The summed E-state index contributed by atoms with van der Waals surface area (Å²) in [5, 5.41) is 9.80. The number of likely N-dealkylation sites (tertiary alicyclic amines) is 1. The number of rotatable bonds is 8. The molecule has 3 amide bonds. The molecule has 2 saturated heterocycles. The molecule has 6 atom stereocenters. The highest BCUT2D eigenvalue weighted by atomic mass is 16.7. The van der Waals surface area contributed by atoms with E-state index in [9.17, 15) is 14.4 Å². The lowest BCUT2D eigenvalue weighted by molar-refractivity contribution is -0.139. The van der Waals surface area contributed by atoms with Gasteiger partial charge in [0.25, 0.3) is 0 Å². The van der Waals surface area contributed by atoms with Gasteiger partial charge in [-0.25, -0.2) is 0 Å². The zero-order valence-corrected chi connectivity index (χ0v) is 26.3. The summed E-state index contributed by atoms with van der Waals surface area (Å²) < 4.78 is 0. The number of hydrogen-bond acceptors (Lipinski definition) is 7. The molecule has 1 aliphatic carbocycles. The predicted octanol–water partition coefficient (Wildman–Crippen LogP) is 4.21. The zero-order valence-electron chi connectivity index (χ0n) is 26.3. The van der Waals surface area contributed by atoms with Crippen LogP contribution in [0.15, 0.2) is 24.3 Å². The average Bonchev–Trinajstić information content (AvgIpc) is 3.63. The number of fused-ring (bicyclic) bond motifs is 1. The van der Waals surface area contributed by atoms with E-state index in [-0.39, 0.29) is 48.5 Å². The molecule has 0 aromatic heterocycles. The third kappa shape index (κ3) is 7.81. The number of piperidine rings is 1. The Morgan fingerprint density at radius 1 is 0.953 bits per heavy atom. The van der Waals surface area contributed by atoms with Gasteiger partial charge in [-0.2, -0.15) is 5.48 Å². The van der Waals surface area contributed by atoms with Gasteiger partial charge in [-0.15, -0.1) is 0 Å². The van der Waals surface area contributed by atoms with Crippen molar-refractivity contribution in [3.05, 3.63) is 24.3 Å². The molecule has 3 aliphatic heterocycles. The quantitative estimate of drug-likeness (QED) is 0.356. The zero-order chi connectivity index (χ0) is 30.3. The number of amides is 3. The van der Waals surface area contributed by atoms with Crippen molar-refractivity contribution < 1.29 is 19.2 Å². The number of anilines is 2. The van der Waals surface area contributed by atoms with Crippen LogP contribution in [0.1, 0.15) is 104 Å². The summed E-state index contributed by atoms with van der Waals surface area (Å²) in [5.41, 5.74) is 5.03. The topological polar surface area (TPSA) is 115 Å². The van der Waals surface area contributed by atoms with E-state index >= 15 is 0 Å². The van der Waals surface area contributed by atoms with Crippen molar-refractivity contribution in [3.8, 4) is 0 Å². The largest absolute Gasteiger partial charge is 0.362 e. The Labute approximate surface area is 257 Å². The van der Waals surface area contributed by atoms with Gasteiger partial charge < -0.3 is 25.8 Å². The molecular formula is C33H52N6O4. The first-order valence-electron chi connectivity index (χ1n) is 16.8. The van der Waals surface area contributed by atoms with Crippen LogP contribution in [0.4, 0.5) is 11.4 Å². The Morgan fingerprint density at radius 3 is 2.35 bits per heavy atom. The lowest BCUT2D eigenvalue weighted by Gasteiger charge is -2.38. The van der Waals surface area contributed by atoms with E-state index in [1.54, 1.807) is 0 Å². The van der Waals surface area contributed by atoms with Crippen molar-refractivity contribution in [1.82, 2.24) is 21.0 Å². The molecule has 0 radical (unpaired) electrons. The summed E-state index contributed by atoms with van der Waals surface area (Å²) in [6.45, 7) is 6.66. The van der Waals surface area contributed by atoms with E-state index in [0.717, 1.165) is 37.8 Å². The minimum atomic E-state index is -0.976. The van der Waals surface area contributed by atoms with Gasteiger partial charge in [0.05, 0.1) is 29.9 Å². The summed E-state index contributed by atoms with van der Waals surface area (Å²) in [6, 6.07) is 7.10. The number of hydrogen-bond donors (Lipinski definition) is 4. The van der Waals surface area contributed by atoms with Crippen LogP contribution in [0.2, 0.25) is 0 Å². The fourth-order valence-corrected chi connectivity index (χ4v) is 7.31. The van der Waals surface area contributed by atoms with E-state index in [4.69, 9.17) is 4.84 Å². The lowest BCUT2D eigenvalue weighted by Crippen LogP contribution is -2.59. The fraction of sp³-hybridized carbons (Fsp3) is 0.727. The molecule has 3 heterocycles. The van der Waals surface area contributed by atoms with E-state index in [1.807, 2.05) is 24.8 Å². The summed E-state index contributed by atoms with van der Waals surface area (Å²) in [7, 11) is 0. The van der Waals surface area contributed by atoms with Crippen LogP contribution in [-0.4, -0.2) is 71.6 Å². The van der Waals surface area contributed by atoms with Gasteiger partial charge in [-0.1, -0.05) is 50.7 Å². The van der Waals surface area contributed by atoms with Crippen molar-refractivity contribution in [2.24, 2.45) is 0 Å². The van der Waals surface area contributed by atoms with Crippen molar-refractivity contribution >= 4 is 29.1 Å². The second-order valence-corrected chi connectivity index (χ2v) is 13.2. The second kappa shape index (κ2) is 14.8. The Bertz CT molecular complexity index is 1110. The SMILES string of the molecule is CC1CC(C(=O)N[C@@H](CC(=O)N2CCCC[C@@H]2C)C(=O)N[C@@H](C)C2Nc3ccccc3N2C2CCCCCCCC2)NO1. The van der Waals surface area contributed by atoms with Gasteiger partial charge in [-0.05, 0) is 65.0 Å². The number of nitrogens with one attached hydrogen (secondary N) is 4. The van der Waals surface area contributed by atoms with E-state index in [2.05, 4.69) is 51.5 Å². The molecule has 3 fully saturated rings. The molecule has 238 valence electrons. The summed E-state index contributed by atoms with van der Waals surface area (Å²) in [6.07, 6.45) is 13.0. The van der Waals surface area contributed by atoms with Gasteiger partial charge in [0.1, 0.15) is 18.2 Å². The number of benzene rings is 1. The molecule has 4 aliphatic rings. The summed E-state index contributed by atoms with van der Waals surface area (Å²) in [5.74, 6) is -0.754. The molecule has 1 aromatic carbocycles. The molecule has 5 rings (SSSR count). The number of carbonyl (C=O) groups excluding carboxylic acids is 3. The first kappa shape index (κ1) is 31.6. The molecule has 1 aromatic rings. The number of para-hydroxylation sites is 2. The molecule has 1 saturated carbocycles. The standard InChI is InChI=1S/C33H52N6O4/c1-22-14-12-13-19-38(22)30(40)21-27(36-33(42)28-20-23(2)43-37-28)32(41)34-24(3)31-35-26-17-10-11-18-29(26)39(31)25-15-8-6-4-5-7-9-16-25/h10-11,17-18,22-25,27-28,31,35,37H,4-9,12-16,19-21H2,1-3H3,(H,34,41)(H,36,42)/t22-,23?,24-,27-,28?,31?/m0/s1. The third-order valence-electron chi connectivity index (χ3n) is 9.78.